The largest absolute Gasteiger partial charge is 0.480 e. The van der Waals surface area contributed by atoms with Crippen LogP contribution in [0.4, 0.5) is 0 Å². The first kappa shape index (κ1) is 34.2. The van der Waals surface area contributed by atoms with E-state index in [1.54, 1.807) is 12.4 Å². The highest BCUT2D eigenvalue weighted by Gasteiger charge is 2.30. The lowest BCUT2D eigenvalue weighted by Gasteiger charge is -2.15. The van der Waals surface area contributed by atoms with Crippen LogP contribution in [0.1, 0.15) is 30.7 Å². The van der Waals surface area contributed by atoms with E-state index in [1.807, 2.05) is 36.4 Å². The molecule has 1 unspecified atom stereocenters. The summed E-state index contributed by atoms with van der Waals surface area (Å²) in [6.07, 6.45) is 4.77. The van der Waals surface area contributed by atoms with Gasteiger partial charge in [-0.15, -0.1) is 0 Å². The molecule has 254 valence electrons. The Morgan fingerprint density at radius 2 is 1.31 bits per heavy atom. The molecule has 4 heterocycles. The highest BCUT2D eigenvalue weighted by molar-refractivity contribution is 6.39. The van der Waals surface area contributed by atoms with Crippen molar-refractivity contribution in [2.75, 3.05) is 27.3 Å². The second-order valence-electron chi connectivity index (χ2n) is 11.6. The minimum Gasteiger partial charge on any atom is -0.480 e. The average molecular weight is 706 g/mol. The number of carbonyl (C=O) groups excluding carboxylic acids is 3. The maximum absolute atomic E-state index is 11.9. The smallest absolute Gasteiger partial charge is 0.237 e. The number of ether oxygens (including phenoxy) is 2. The topological polar surface area (TPSA) is 169 Å². The van der Waals surface area contributed by atoms with Gasteiger partial charge in [-0.3, -0.25) is 29.7 Å². The van der Waals surface area contributed by atoms with Crippen LogP contribution in [0.15, 0.2) is 48.8 Å². The number of carbonyl (C=O) groups is 3. The molecule has 2 aromatic heterocycles. The zero-order valence-corrected chi connectivity index (χ0v) is 28.3. The predicted molar refractivity (Wildman–Crippen MR) is 183 cm³/mol. The van der Waals surface area contributed by atoms with Gasteiger partial charge in [0.15, 0.2) is 0 Å². The van der Waals surface area contributed by atoms with Gasteiger partial charge in [-0.25, -0.2) is 9.97 Å². The monoisotopic (exact) mass is 704 g/mol. The van der Waals surface area contributed by atoms with E-state index in [2.05, 4.69) is 36.2 Å². The molecule has 2 aliphatic heterocycles. The van der Waals surface area contributed by atoms with Gasteiger partial charge in [0.25, 0.3) is 0 Å². The average Bonchev–Trinajstić information content (AvgIpc) is 3.67. The Hall–Kier alpha value is -4.69. The Morgan fingerprint density at radius 3 is 1.78 bits per heavy atom. The van der Waals surface area contributed by atoms with Crippen molar-refractivity contribution in [3.05, 3.63) is 70.2 Å². The molecule has 2 fully saturated rings. The number of amides is 3. The van der Waals surface area contributed by atoms with Crippen molar-refractivity contribution in [1.82, 2.24) is 41.2 Å². The van der Waals surface area contributed by atoms with Crippen LogP contribution in [0.2, 0.25) is 10.0 Å². The molecule has 0 saturated carbocycles. The quantitative estimate of drug-likeness (QED) is 0.150. The van der Waals surface area contributed by atoms with E-state index in [4.69, 9.17) is 37.7 Å². The minimum atomic E-state index is -0.424. The second-order valence-corrected chi connectivity index (χ2v) is 12.4. The summed E-state index contributed by atoms with van der Waals surface area (Å²) in [5.74, 6) is -0.239. The van der Waals surface area contributed by atoms with Crippen LogP contribution < -0.4 is 30.7 Å². The molecule has 2 saturated heterocycles. The van der Waals surface area contributed by atoms with Gasteiger partial charge in [-0.1, -0.05) is 59.6 Å². The fourth-order valence-corrected chi connectivity index (χ4v) is 6.48. The van der Waals surface area contributed by atoms with Crippen LogP contribution in [0.3, 0.4) is 0 Å². The predicted octanol–water partition coefficient (Wildman–Crippen LogP) is 3.71. The second kappa shape index (κ2) is 15.2. The maximum atomic E-state index is 11.9. The molecule has 13 nitrogen and oxygen atoms in total. The lowest BCUT2D eigenvalue weighted by atomic mass is 9.98. The van der Waals surface area contributed by atoms with E-state index in [0.29, 0.717) is 92.9 Å². The van der Waals surface area contributed by atoms with Crippen molar-refractivity contribution in [3.8, 4) is 45.4 Å². The number of benzene rings is 2. The normalized spacial score (nSPS) is 17.3. The van der Waals surface area contributed by atoms with E-state index in [0.717, 1.165) is 6.42 Å². The molecule has 3 amide bonds. The molecule has 6 rings (SSSR count). The SMILES string of the molecule is COc1nc(-c2cccc(-c3cccc(-c4cnc(CNC[C@@H]5CCC(=O)N5)c(OC)n4)c3Cl)c2Cl)cnc1CNCC1CC(=O)NC1=O. The van der Waals surface area contributed by atoms with Crippen LogP contribution in [0.25, 0.3) is 33.6 Å². The molecule has 4 aromatic rings. The first-order chi connectivity index (χ1) is 23.7. The van der Waals surface area contributed by atoms with Crippen molar-refractivity contribution in [2.45, 2.75) is 38.4 Å². The maximum Gasteiger partial charge on any atom is 0.237 e. The number of hydrogen-bond acceptors (Lipinski definition) is 11. The Balaban J connectivity index is 1.20. The third-order valence-electron chi connectivity index (χ3n) is 8.37. The third-order valence-corrected chi connectivity index (χ3v) is 9.18. The Labute approximate surface area is 292 Å². The van der Waals surface area contributed by atoms with Crippen LogP contribution in [-0.4, -0.2) is 71.0 Å². The highest BCUT2D eigenvalue weighted by atomic mass is 35.5. The van der Waals surface area contributed by atoms with Gasteiger partial charge in [-0.2, -0.15) is 0 Å². The summed E-state index contributed by atoms with van der Waals surface area (Å²) in [6.45, 7) is 1.65. The summed E-state index contributed by atoms with van der Waals surface area (Å²) in [5, 5.41) is 12.6. The van der Waals surface area contributed by atoms with E-state index in [1.165, 1.54) is 14.2 Å². The van der Waals surface area contributed by atoms with Crippen molar-refractivity contribution >= 4 is 40.9 Å². The van der Waals surface area contributed by atoms with Crippen molar-refractivity contribution < 1.29 is 23.9 Å². The molecule has 15 heteroatoms. The van der Waals surface area contributed by atoms with Gasteiger partial charge in [0.1, 0.15) is 11.4 Å². The van der Waals surface area contributed by atoms with E-state index in [-0.39, 0.29) is 36.7 Å². The summed E-state index contributed by atoms with van der Waals surface area (Å²) in [5.41, 5.74) is 4.85. The summed E-state index contributed by atoms with van der Waals surface area (Å²) in [7, 11) is 3.04. The molecular formula is C34H34Cl2N8O5. The van der Waals surface area contributed by atoms with Gasteiger partial charge in [0, 0.05) is 67.3 Å². The van der Waals surface area contributed by atoms with E-state index in [9.17, 15) is 14.4 Å². The molecule has 2 aromatic carbocycles. The fourth-order valence-electron chi connectivity index (χ4n) is 5.83. The molecule has 0 radical (unpaired) electrons. The number of halogens is 2. The third kappa shape index (κ3) is 7.65. The van der Waals surface area contributed by atoms with E-state index < -0.39 is 5.92 Å². The molecule has 4 N–H and O–H groups in total. The van der Waals surface area contributed by atoms with Gasteiger partial charge in [0.2, 0.25) is 29.5 Å². The van der Waals surface area contributed by atoms with Crippen molar-refractivity contribution in [2.24, 2.45) is 5.92 Å². The van der Waals surface area contributed by atoms with Gasteiger partial charge >= 0.3 is 0 Å². The van der Waals surface area contributed by atoms with Crippen LogP contribution >= 0.6 is 23.2 Å². The lowest BCUT2D eigenvalue weighted by molar-refractivity contribution is -0.126. The van der Waals surface area contributed by atoms with Gasteiger partial charge in [-0.05, 0) is 6.42 Å². The van der Waals surface area contributed by atoms with Crippen LogP contribution in [0.5, 0.6) is 11.8 Å². The molecule has 2 aliphatic rings. The van der Waals surface area contributed by atoms with Crippen molar-refractivity contribution in [3.63, 3.8) is 0 Å². The number of aromatic nitrogens is 4. The molecule has 0 spiro atoms. The van der Waals surface area contributed by atoms with Gasteiger partial charge in [0.05, 0.1) is 54.0 Å². The van der Waals surface area contributed by atoms with Crippen LogP contribution in [0, 0.1) is 5.92 Å². The number of methoxy groups -OCH3 is 2. The first-order valence-corrected chi connectivity index (χ1v) is 16.4. The summed E-state index contributed by atoms with van der Waals surface area (Å²) < 4.78 is 11.1. The van der Waals surface area contributed by atoms with Gasteiger partial charge < -0.3 is 25.4 Å². The number of rotatable bonds is 13. The number of nitrogens with one attached hydrogen (secondary N) is 4. The standard InChI is InChI=1S/C34H34Cl2N8O5/c1-48-33-26(14-37-12-18-11-29(46)44-32(18)47)39-16-24(42-33)22-7-3-5-20(30(22)35)21-6-4-8-23(31(21)36)25-17-40-27(34(43-25)49-2)15-38-13-19-9-10-28(45)41-19/h3-8,16-19,37-38H,9-15H2,1-2H3,(H,41,45)(H,44,46,47)/t18?,19-/m0/s1. The molecule has 2 atom stereocenters. The fraction of sp³-hybridized carbons (Fsp3) is 0.324. The molecule has 0 bridgehead atoms. The Bertz CT molecular complexity index is 1910. The molecule has 0 aliphatic carbocycles. The number of nitrogens with zero attached hydrogens (tertiary/aromatic N) is 4. The molecule has 49 heavy (non-hydrogen) atoms. The van der Waals surface area contributed by atoms with Crippen molar-refractivity contribution in [1.29, 1.82) is 0 Å². The summed E-state index contributed by atoms with van der Waals surface area (Å²) >= 11 is 14.0. The number of hydrogen-bond donors (Lipinski definition) is 4. The zero-order valence-electron chi connectivity index (χ0n) is 26.8. The Kier molecular flexibility index (Phi) is 10.6. The van der Waals surface area contributed by atoms with Crippen LogP contribution in [-0.2, 0) is 27.5 Å². The van der Waals surface area contributed by atoms with E-state index >= 15 is 0 Å². The summed E-state index contributed by atoms with van der Waals surface area (Å²) in [4.78, 5) is 53.4. The lowest BCUT2D eigenvalue weighted by Crippen LogP contribution is -2.35. The number of imide groups is 1. The first-order valence-electron chi connectivity index (χ1n) is 15.7. The zero-order chi connectivity index (χ0) is 34.5. The minimum absolute atomic E-state index is 0.0718. The summed E-state index contributed by atoms with van der Waals surface area (Å²) in [6, 6.07) is 11.3. The molecular weight excluding hydrogens is 671 g/mol. The Morgan fingerprint density at radius 1 is 0.776 bits per heavy atom. The highest BCUT2D eigenvalue weighted by Crippen LogP contribution is 2.42.